The van der Waals surface area contributed by atoms with Gasteiger partial charge in [0.15, 0.2) is 0 Å². The highest BCUT2D eigenvalue weighted by atomic mass is 15.2. The van der Waals surface area contributed by atoms with Crippen LogP contribution >= 0.6 is 0 Å². The third-order valence-corrected chi connectivity index (χ3v) is 4.65. The van der Waals surface area contributed by atoms with Crippen molar-refractivity contribution in [3.63, 3.8) is 0 Å². The fourth-order valence-electron chi connectivity index (χ4n) is 3.45. The van der Waals surface area contributed by atoms with E-state index in [1.165, 1.54) is 44.2 Å². The van der Waals surface area contributed by atoms with Gasteiger partial charge in [-0.15, -0.1) is 0 Å². The van der Waals surface area contributed by atoms with E-state index in [9.17, 15) is 0 Å². The highest BCUT2D eigenvalue weighted by molar-refractivity contribution is 5.34. The van der Waals surface area contributed by atoms with Crippen molar-refractivity contribution in [2.24, 2.45) is 0 Å². The Morgan fingerprint density at radius 1 is 1.22 bits per heavy atom. The van der Waals surface area contributed by atoms with E-state index in [0.29, 0.717) is 6.04 Å². The molecule has 2 heteroatoms. The third kappa shape index (κ3) is 2.45. The van der Waals surface area contributed by atoms with Crippen LogP contribution in [0.2, 0.25) is 0 Å². The van der Waals surface area contributed by atoms with Crippen molar-refractivity contribution in [3.05, 3.63) is 35.4 Å². The standard InChI is InChI=1S/C16H24N2/c1-18-11-5-4-7-14(18)12-17-16-10-9-13-6-2-3-8-15(13)16/h2-3,6,8,14,16-17H,4-5,7,9-12H2,1H3. The first kappa shape index (κ1) is 12.2. The number of nitrogens with zero attached hydrogens (tertiary/aromatic N) is 1. The molecule has 0 spiro atoms. The average molecular weight is 244 g/mol. The van der Waals surface area contributed by atoms with Crippen LogP contribution in [0.25, 0.3) is 0 Å². The molecule has 18 heavy (non-hydrogen) atoms. The molecular formula is C16H24N2. The molecular weight excluding hydrogens is 220 g/mol. The summed E-state index contributed by atoms with van der Waals surface area (Å²) in [6, 6.07) is 10.2. The molecule has 1 N–H and O–H groups in total. The molecule has 1 aliphatic heterocycles. The predicted molar refractivity (Wildman–Crippen MR) is 75.8 cm³/mol. The molecule has 1 saturated heterocycles. The van der Waals surface area contributed by atoms with Gasteiger partial charge in [0.25, 0.3) is 0 Å². The number of nitrogens with one attached hydrogen (secondary N) is 1. The number of piperidine rings is 1. The number of hydrogen-bond donors (Lipinski definition) is 1. The molecule has 1 fully saturated rings. The highest BCUT2D eigenvalue weighted by Crippen LogP contribution is 2.30. The van der Waals surface area contributed by atoms with Crippen molar-refractivity contribution in [1.82, 2.24) is 10.2 Å². The van der Waals surface area contributed by atoms with Gasteiger partial charge in [0.05, 0.1) is 0 Å². The first-order chi connectivity index (χ1) is 8.84. The molecule has 2 unspecified atom stereocenters. The van der Waals surface area contributed by atoms with Gasteiger partial charge in [0.1, 0.15) is 0 Å². The van der Waals surface area contributed by atoms with Crippen molar-refractivity contribution in [2.75, 3.05) is 20.1 Å². The summed E-state index contributed by atoms with van der Waals surface area (Å²) in [6.07, 6.45) is 6.65. The molecule has 1 aromatic carbocycles. The topological polar surface area (TPSA) is 15.3 Å². The Morgan fingerprint density at radius 3 is 3.00 bits per heavy atom. The second-order valence-electron chi connectivity index (χ2n) is 5.83. The lowest BCUT2D eigenvalue weighted by Crippen LogP contribution is -2.43. The van der Waals surface area contributed by atoms with Crippen molar-refractivity contribution in [1.29, 1.82) is 0 Å². The molecule has 3 rings (SSSR count). The molecule has 0 aromatic heterocycles. The van der Waals surface area contributed by atoms with E-state index >= 15 is 0 Å². The minimum absolute atomic E-state index is 0.594. The summed E-state index contributed by atoms with van der Waals surface area (Å²) in [4.78, 5) is 2.53. The number of likely N-dealkylation sites (tertiary alicyclic amines) is 1. The zero-order valence-electron chi connectivity index (χ0n) is 11.4. The van der Waals surface area contributed by atoms with Crippen LogP contribution in [0.5, 0.6) is 0 Å². The zero-order valence-corrected chi connectivity index (χ0v) is 11.4. The van der Waals surface area contributed by atoms with Crippen LogP contribution < -0.4 is 5.32 Å². The third-order valence-electron chi connectivity index (χ3n) is 4.65. The maximum absolute atomic E-state index is 3.80. The van der Waals surface area contributed by atoms with Gasteiger partial charge in [-0.2, -0.15) is 0 Å². The summed E-state index contributed by atoms with van der Waals surface area (Å²) >= 11 is 0. The smallest absolute Gasteiger partial charge is 0.0326 e. The van der Waals surface area contributed by atoms with Crippen LogP contribution in [0.1, 0.15) is 42.9 Å². The molecule has 2 atom stereocenters. The van der Waals surface area contributed by atoms with Gasteiger partial charge in [-0.25, -0.2) is 0 Å². The minimum atomic E-state index is 0.594. The SMILES string of the molecule is CN1CCCCC1CNC1CCc2ccccc21. The van der Waals surface area contributed by atoms with Gasteiger partial charge in [0.2, 0.25) is 0 Å². The van der Waals surface area contributed by atoms with E-state index < -0.39 is 0 Å². The predicted octanol–water partition coefficient (Wildman–Crippen LogP) is 2.75. The van der Waals surface area contributed by atoms with Crippen LogP contribution in [0.15, 0.2) is 24.3 Å². The number of aryl methyl sites for hydroxylation is 1. The number of benzene rings is 1. The lowest BCUT2D eigenvalue weighted by Gasteiger charge is -2.33. The minimum Gasteiger partial charge on any atom is -0.308 e. The van der Waals surface area contributed by atoms with Gasteiger partial charge >= 0.3 is 0 Å². The van der Waals surface area contributed by atoms with Crippen LogP contribution in [-0.2, 0) is 6.42 Å². The lowest BCUT2D eigenvalue weighted by molar-refractivity contribution is 0.177. The molecule has 0 radical (unpaired) electrons. The monoisotopic (exact) mass is 244 g/mol. The molecule has 1 aromatic rings. The van der Waals surface area contributed by atoms with Crippen LogP contribution in [-0.4, -0.2) is 31.1 Å². The van der Waals surface area contributed by atoms with Crippen LogP contribution in [0.4, 0.5) is 0 Å². The first-order valence-electron chi connectivity index (χ1n) is 7.36. The largest absolute Gasteiger partial charge is 0.308 e. The Bertz CT molecular complexity index is 402. The highest BCUT2D eigenvalue weighted by Gasteiger charge is 2.24. The molecule has 1 aliphatic carbocycles. The van der Waals surface area contributed by atoms with Gasteiger partial charge in [-0.05, 0) is 50.4 Å². The zero-order chi connectivity index (χ0) is 12.4. The van der Waals surface area contributed by atoms with Crippen molar-refractivity contribution < 1.29 is 0 Å². The van der Waals surface area contributed by atoms with Crippen molar-refractivity contribution in [2.45, 2.75) is 44.2 Å². The Labute approximate surface area is 110 Å². The molecule has 98 valence electrons. The van der Waals surface area contributed by atoms with E-state index in [1.54, 1.807) is 5.56 Å². The Kier molecular flexibility index (Phi) is 3.67. The molecule has 2 aliphatic rings. The van der Waals surface area contributed by atoms with Crippen molar-refractivity contribution >= 4 is 0 Å². The van der Waals surface area contributed by atoms with E-state index in [2.05, 4.69) is 41.5 Å². The normalized spacial score (nSPS) is 28.3. The number of likely N-dealkylation sites (N-methyl/N-ethyl adjacent to an activating group) is 1. The van der Waals surface area contributed by atoms with E-state index in [4.69, 9.17) is 0 Å². The Hall–Kier alpha value is -0.860. The molecule has 0 saturated carbocycles. The van der Waals surface area contributed by atoms with E-state index in [1.807, 2.05) is 0 Å². The summed E-state index contributed by atoms with van der Waals surface area (Å²) < 4.78 is 0. The van der Waals surface area contributed by atoms with Crippen LogP contribution in [0, 0.1) is 0 Å². The summed E-state index contributed by atoms with van der Waals surface area (Å²) in [5.41, 5.74) is 3.09. The number of hydrogen-bond acceptors (Lipinski definition) is 2. The number of fused-ring (bicyclic) bond motifs is 1. The molecule has 2 nitrogen and oxygen atoms in total. The maximum Gasteiger partial charge on any atom is 0.0326 e. The molecule has 0 bridgehead atoms. The van der Waals surface area contributed by atoms with Crippen molar-refractivity contribution in [3.8, 4) is 0 Å². The number of rotatable bonds is 3. The van der Waals surface area contributed by atoms with Gasteiger partial charge in [0, 0.05) is 18.6 Å². The van der Waals surface area contributed by atoms with Gasteiger partial charge < -0.3 is 10.2 Å². The lowest BCUT2D eigenvalue weighted by atomic mass is 10.0. The fourth-order valence-corrected chi connectivity index (χ4v) is 3.45. The average Bonchev–Trinajstić information content (AvgIpc) is 2.81. The first-order valence-corrected chi connectivity index (χ1v) is 7.36. The Balaban J connectivity index is 1.58. The maximum atomic E-state index is 3.80. The molecule has 0 amide bonds. The van der Waals surface area contributed by atoms with E-state index in [-0.39, 0.29) is 0 Å². The fraction of sp³-hybridized carbons (Fsp3) is 0.625. The Morgan fingerprint density at radius 2 is 2.11 bits per heavy atom. The molecule has 1 heterocycles. The summed E-state index contributed by atoms with van der Waals surface area (Å²) in [5, 5.41) is 3.80. The second kappa shape index (κ2) is 5.41. The van der Waals surface area contributed by atoms with E-state index in [0.717, 1.165) is 12.6 Å². The second-order valence-corrected chi connectivity index (χ2v) is 5.83. The quantitative estimate of drug-likeness (QED) is 0.879. The summed E-state index contributed by atoms with van der Waals surface area (Å²) in [7, 11) is 2.27. The van der Waals surface area contributed by atoms with Gasteiger partial charge in [-0.3, -0.25) is 0 Å². The van der Waals surface area contributed by atoms with Crippen LogP contribution in [0.3, 0.4) is 0 Å². The summed E-state index contributed by atoms with van der Waals surface area (Å²) in [5.74, 6) is 0. The van der Waals surface area contributed by atoms with Gasteiger partial charge in [-0.1, -0.05) is 30.7 Å². The summed E-state index contributed by atoms with van der Waals surface area (Å²) in [6.45, 7) is 2.42.